The Labute approximate surface area is 224 Å². The number of carbonyl (C=O) groups is 1. The van der Waals surface area contributed by atoms with Crippen molar-refractivity contribution in [3.8, 4) is 0 Å². The van der Waals surface area contributed by atoms with E-state index in [0.717, 1.165) is 43.9 Å². The van der Waals surface area contributed by atoms with Crippen LogP contribution in [0.25, 0.3) is 0 Å². The lowest BCUT2D eigenvalue weighted by Crippen LogP contribution is -2.54. The molecule has 10 atom stereocenters. The molecule has 0 saturated heterocycles. The van der Waals surface area contributed by atoms with Crippen LogP contribution in [0.2, 0.25) is 0 Å². The summed E-state index contributed by atoms with van der Waals surface area (Å²) in [4.78, 5) is 23.7. The molecule has 4 saturated carbocycles. The Kier molecular flexibility index (Phi) is 8.65. The summed E-state index contributed by atoms with van der Waals surface area (Å²) in [6.45, 7) is 8.06. The summed E-state index contributed by atoms with van der Waals surface area (Å²) in [5.74, 6) is 3.13. The number of carboxylic acids is 1. The van der Waals surface area contributed by atoms with E-state index >= 15 is 0 Å². The fraction of sp³-hybridized carbons (Fsp3) is 0.966. The van der Waals surface area contributed by atoms with Gasteiger partial charge in [-0.3, -0.25) is 9.36 Å². The number of likely N-dealkylation sites (N-methyl/N-ethyl adjacent to an activating group) is 1. The van der Waals surface area contributed by atoms with Gasteiger partial charge in [0.2, 0.25) is 0 Å². The van der Waals surface area contributed by atoms with Gasteiger partial charge in [-0.25, -0.2) is 0 Å². The van der Waals surface area contributed by atoms with Crippen LogP contribution < -0.4 is 4.89 Å². The van der Waals surface area contributed by atoms with E-state index in [0.29, 0.717) is 40.1 Å². The third-order valence-electron chi connectivity index (χ3n) is 11.5. The van der Waals surface area contributed by atoms with Crippen molar-refractivity contribution in [1.29, 1.82) is 0 Å². The quantitative estimate of drug-likeness (QED) is 0.281. The number of phosphoric ester groups is 1. The van der Waals surface area contributed by atoms with Gasteiger partial charge in [0.15, 0.2) is 0 Å². The van der Waals surface area contributed by atoms with Gasteiger partial charge in [0.25, 0.3) is 7.82 Å². The number of fused-ring (bicyclic) bond motifs is 5. The van der Waals surface area contributed by atoms with Crippen molar-refractivity contribution in [2.24, 2.45) is 46.3 Å². The minimum Gasteiger partial charge on any atom is -0.756 e. The Balaban J connectivity index is 1.37. The maximum atomic E-state index is 12.5. The molecule has 0 amide bonds. The van der Waals surface area contributed by atoms with Crippen LogP contribution in [0, 0.1) is 46.3 Å². The smallest absolute Gasteiger partial charge is 0.303 e. The van der Waals surface area contributed by atoms with Crippen molar-refractivity contribution in [2.45, 2.75) is 97.5 Å². The minimum absolute atomic E-state index is 0.151. The van der Waals surface area contributed by atoms with Crippen molar-refractivity contribution in [3.05, 3.63) is 0 Å². The predicted molar refractivity (Wildman–Crippen MR) is 143 cm³/mol. The van der Waals surface area contributed by atoms with E-state index in [2.05, 4.69) is 20.8 Å². The molecule has 7 nitrogen and oxygen atoms in total. The summed E-state index contributed by atoms with van der Waals surface area (Å²) in [6, 6.07) is 0. The molecule has 0 aromatic heterocycles. The van der Waals surface area contributed by atoms with Crippen molar-refractivity contribution in [1.82, 2.24) is 0 Å². The second-order valence-corrected chi connectivity index (χ2v) is 16.0. The van der Waals surface area contributed by atoms with E-state index in [1.54, 1.807) is 0 Å². The molecule has 1 N–H and O–H groups in total. The number of rotatable bonds is 10. The summed E-state index contributed by atoms with van der Waals surface area (Å²) in [6.07, 6.45) is 10.9. The number of quaternary nitrogens is 1. The van der Waals surface area contributed by atoms with E-state index in [-0.39, 0.29) is 24.5 Å². The molecule has 0 spiro atoms. The van der Waals surface area contributed by atoms with Gasteiger partial charge in [0.05, 0.1) is 27.2 Å². The molecule has 0 aromatic rings. The summed E-state index contributed by atoms with van der Waals surface area (Å²) in [5.41, 5.74) is 0.593. The number of hydrogen-bond acceptors (Lipinski definition) is 5. The topological polar surface area (TPSA) is 95.9 Å². The number of phosphoric acid groups is 1. The molecule has 4 aliphatic rings. The molecule has 0 heterocycles. The van der Waals surface area contributed by atoms with Gasteiger partial charge < -0.3 is 23.5 Å². The van der Waals surface area contributed by atoms with Crippen LogP contribution in [0.5, 0.6) is 0 Å². The second kappa shape index (κ2) is 10.8. The number of hydrogen-bond donors (Lipinski definition) is 1. The Morgan fingerprint density at radius 3 is 2.41 bits per heavy atom. The molecule has 0 radical (unpaired) electrons. The highest BCUT2D eigenvalue weighted by Crippen LogP contribution is 2.68. The Bertz CT molecular complexity index is 875. The van der Waals surface area contributed by atoms with Gasteiger partial charge in [-0.05, 0) is 111 Å². The Morgan fingerprint density at radius 1 is 1.05 bits per heavy atom. The van der Waals surface area contributed by atoms with E-state index in [1.165, 1.54) is 32.1 Å². The first kappa shape index (κ1) is 29.5. The van der Waals surface area contributed by atoms with E-state index < -0.39 is 13.8 Å². The fourth-order valence-electron chi connectivity index (χ4n) is 9.48. The first-order valence-corrected chi connectivity index (χ1v) is 16.3. The number of carboxylic acid groups (broad SMARTS) is 1. The Hall–Kier alpha value is -0.460. The summed E-state index contributed by atoms with van der Waals surface area (Å²) >= 11 is 0. The zero-order valence-electron chi connectivity index (χ0n) is 24.1. The molecule has 0 bridgehead atoms. The fourth-order valence-corrected chi connectivity index (χ4v) is 10.4. The highest BCUT2D eigenvalue weighted by molar-refractivity contribution is 7.45. The van der Waals surface area contributed by atoms with Gasteiger partial charge in [0, 0.05) is 6.42 Å². The molecule has 37 heavy (non-hydrogen) atoms. The molecule has 214 valence electrons. The monoisotopic (exact) mass is 541 g/mol. The Morgan fingerprint density at radius 2 is 1.73 bits per heavy atom. The van der Waals surface area contributed by atoms with Crippen LogP contribution in [0.15, 0.2) is 0 Å². The summed E-state index contributed by atoms with van der Waals surface area (Å²) < 4.78 is 24.0. The molecular formula is C29H52NO6P. The largest absolute Gasteiger partial charge is 0.756 e. The lowest BCUT2D eigenvalue weighted by Gasteiger charge is -2.61. The van der Waals surface area contributed by atoms with Crippen molar-refractivity contribution >= 4 is 13.8 Å². The van der Waals surface area contributed by atoms with Crippen LogP contribution in [0.3, 0.4) is 0 Å². The molecule has 4 fully saturated rings. The van der Waals surface area contributed by atoms with Crippen LogP contribution >= 0.6 is 7.82 Å². The lowest BCUT2D eigenvalue weighted by atomic mass is 9.44. The molecule has 0 aromatic carbocycles. The molecule has 2 unspecified atom stereocenters. The van der Waals surface area contributed by atoms with Crippen LogP contribution in [0.1, 0.15) is 91.4 Å². The zero-order chi connectivity index (χ0) is 27.2. The van der Waals surface area contributed by atoms with Crippen LogP contribution in [-0.4, -0.2) is 56.0 Å². The van der Waals surface area contributed by atoms with E-state index in [4.69, 9.17) is 9.05 Å². The average molecular weight is 542 g/mol. The maximum Gasteiger partial charge on any atom is 0.303 e. The zero-order valence-corrected chi connectivity index (χ0v) is 25.0. The third-order valence-corrected chi connectivity index (χ3v) is 12.5. The van der Waals surface area contributed by atoms with Gasteiger partial charge in [-0.2, -0.15) is 0 Å². The first-order chi connectivity index (χ1) is 17.1. The lowest BCUT2D eigenvalue weighted by molar-refractivity contribution is -0.870. The summed E-state index contributed by atoms with van der Waals surface area (Å²) in [5, 5.41) is 9.19. The predicted octanol–water partition coefficient (Wildman–Crippen LogP) is 5.72. The van der Waals surface area contributed by atoms with Crippen LogP contribution in [-0.2, 0) is 18.4 Å². The summed E-state index contributed by atoms with van der Waals surface area (Å²) in [7, 11) is 1.74. The molecule has 0 aliphatic heterocycles. The van der Waals surface area contributed by atoms with E-state index in [1.807, 2.05) is 21.1 Å². The first-order valence-electron chi connectivity index (χ1n) is 14.8. The van der Waals surface area contributed by atoms with Crippen molar-refractivity contribution in [2.75, 3.05) is 34.3 Å². The highest BCUT2D eigenvalue weighted by atomic mass is 31.2. The molecule has 8 heteroatoms. The van der Waals surface area contributed by atoms with Gasteiger partial charge in [-0.1, -0.05) is 20.8 Å². The van der Waals surface area contributed by atoms with Crippen molar-refractivity contribution in [3.63, 3.8) is 0 Å². The normalized spacial score (nSPS) is 42.2. The molecule has 4 rings (SSSR count). The van der Waals surface area contributed by atoms with Crippen molar-refractivity contribution < 1.29 is 32.9 Å². The van der Waals surface area contributed by atoms with E-state index in [9.17, 15) is 19.4 Å². The minimum atomic E-state index is -4.29. The second-order valence-electron chi connectivity index (χ2n) is 14.6. The third kappa shape index (κ3) is 6.32. The standard InChI is InChI=1S/C29H52NO6P/c1-20(7-12-27(31)32)24-10-11-25-23-9-8-21-19-22(36-37(33,34)35-18-17-30(4,5)6)13-15-28(21,2)26(23)14-16-29(24,25)3/h20-26H,7-19H2,1-6H3,(H-,31,32,33,34)/t20-,21?,22-,23+,24-,25+,26+,28+,29-/m1/s1. The van der Waals surface area contributed by atoms with Gasteiger partial charge >= 0.3 is 5.97 Å². The molecular weight excluding hydrogens is 489 g/mol. The number of aliphatic carboxylic acids is 1. The maximum absolute atomic E-state index is 12.5. The van der Waals surface area contributed by atoms with Gasteiger partial charge in [0.1, 0.15) is 13.2 Å². The average Bonchev–Trinajstić information content (AvgIpc) is 3.13. The van der Waals surface area contributed by atoms with Gasteiger partial charge in [-0.15, -0.1) is 0 Å². The number of nitrogens with zero attached hydrogens (tertiary/aromatic N) is 1. The SMILES string of the molecule is C[C@H](CCC(=O)O)[C@H]1CC[C@H]2[C@@H]3CCC4C[C@H](OP(=O)([O-])OCC[N+](C)(C)C)CC[C@]4(C)[C@H]3CC[C@]12C. The highest BCUT2D eigenvalue weighted by Gasteiger charge is 2.60. The molecule has 4 aliphatic carbocycles. The van der Waals surface area contributed by atoms with Crippen LogP contribution in [0.4, 0.5) is 0 Å².